The normalized spacial score (nSPS) is 10.9. The Morgan fingerprint density at radius 1 is 1.15 bits per heavy atom. The Bertz CT molecular complexity index is 609. The van der Waals surface area contributed by atoms with Gasteiger partial charge in [0.1, 0.15) is 17.3 Å². The summed E-state index contributed by atoms with van der Waals surface area (Å²) in [6.07, 6.45) is 0. The zero-order valence-electron chi connectivity index (χ0n) is 12.8. The molecule has 0 fully saturated rings. The van der Waals surface area contributed by atoms with E-state index in [-0.39, 0.29) is 0 Å². The Labute approximate surface area is 120 Å². The van der Waals surface area contributed by atoms with Gasteiger partial charge in [0.05, 0.1) is 19.7 Å². The van der Waals surface area contributed by atoms with E-state index in [0.29, 0.717) is 5.92 Å². The lowest BCUT2D eigenvalue weighted by Crippen LogP contribution is -2.05. The van der Waals surface area contributed by atoms with Gasteiger partial charge in [0, 0.05) is 24.1 Å². The number of methoxy groups -OCH3 is 2. The van der Waals surface area contributed by atoms with Gasteiger partial charge < -0.3 is 14.8 Å². The van der Waals surface area contributed by atoms with Crippen molar-refractivity contribution in [3.8, 4) is 11.5 Å². The molecule has 0 bridgehead atoms. The van der Waals surface area contributed by atoms with Crippen LogP contribution < -0.4 is 14.8 Å². The number of pyridine rings is 1. The number of anilines is 1. The van der Waals surface area contributed by atoms with Crippen LogP contribution in [0, 0.1) is 0 Å². The van der Waals surface area contributed by atoms with Gasteiger partial charge in [-0.1, -0.05) is 13.8 Å². The maximum Gasteiger partial charge on any atom is 0.131 e. The van der Waals surface area contributed by atoms with Crippen LogP contribution in [0.25, 0.3) is 10.9 Å². The van der Waals surface area contributed by atoms with Crippen LogP contribution in [0.5, 0.6) is 11.5 Å². The van der Waals surface area contributed by atoms with Gasteiger partial charge >= 0.3 is 0 Å². The highest BCUT2D eigenvalue weighted by Gasteiger charge is 2.13. The number of fused-ring (bicyclic) bond motifs is 1. The van der Waals surface area contributed by atoms with Crippen molar-refractivity contribution < 1.29 is 9.47 Å². The molecule has 2 aromatic rings. The lowest BCUT2D eigenvalue weighted by molar-refractivity contribution is 0.398. The van der Waals surface area contributed by atoms with E-state index in [9.17, 15) is 0 Å². The highest BCUT2D eigenvalue weighted by Crippen LogP contribution is 2.34. The van der Waals surface area contributed by atoms with Gasteiger partial charge in [-0.3, -0.25) is 0 Å². The molecular formula is C16H22N2O2. The maximum atomic E-state index is 5.46. The summed E-state index contributed by atoms with van der Waals surface area (Å²) in [4.78, 5) is 4.73. The van der Waals surface area contributed by atoms with Crippen LogP contribution in [0.2, 0.25) is 0 Å². The summed E-state index contributed by atoms with van der Waals surface area (Å²) in [5.41, 5.74) is 2.07. The molecule has 108 valence electrons. The minimum absolute atomic E-state index is 0.396. The third-order valence-electron chi connectivity index (χ3n) is 3.32. The third kappa shape index (κ3) is 2.64. The second kappa shape index (κ2) is 5.99. The quantitative estimate of drug-likeness (QED) is 0.900. The summed E-state index contributed by atoms with van der Waals surface area (Å²) in [5, 5.41) is 4.34. The Morgan fingerprint density at radius 2 is 1.90 bits per heavy atom. The first-order valence-electron chi connectivity index (χ1n) is 6.91. The molecule has 0 radical (unpaired) electrons. The van der Waals surface area contributed by atoms with Crippen LogP contribution in [-0.4, -0.2) is 25.7 Å². The predicted molar refractivity (Wildman–Crippen MR) is 83.1 cm³/mol. The lowest BCUT2D eigenvalue weighted by Gasteiger charge is -2.16. The van der Waals surface area contributed by atoms with Gasteiger partial charge in [0.25, 0.3) is 0 Å². The van der Waals surface area contributed by atoms with Crippen LogP contribution >= 0.6 is 0 Å². The number of nitrogens with zero attached hydrogens (tertiary/aromatic N) is 1. The van der Waals surface area contributed by atoms with Gasteiger partial charge in [0.2, 0.25) is 0 Å². The summed E-state index contributed by atoms with van der Waals surface area (Å²) in [6.45, 7) is 7.25. The van der Waals surface area contributed by atoms with E-state index in [1.807, 2.05) is 12.1 Å². The van der Waals surface area contributed by atoms with Crippen LogP contribution in [-0.2, 0) is 0 Å². The van der Waals surface area contributed by atoms with Crippen LogP contribution in [0.1, 0.15) is 32.3 Å². The van der Waals surface area contributed by atoms with E-state index in [1.54, 1.807) is 14.2 Å². The molecule has 0 spiro atoms. The first-order valence-corrected chi connectivity index (χ1v) is 6.91. The second-order valence-electron chi connectivity index (χ2n) is 5.01. The molecule has 0 saturated carbocycles. The molecule has 0 aliphatic heterocycles. The molecule has 20 heavy (non-hydrogen) atoms. The number of hydrogen-bond acceptors (Lipinski definition) is 4. The number of benzene rings is 1. The zero-order valence-corrected chi connectivity index (χ0v) is 12.8. The monoisotopic (exact) mass is 274 g/mol. The molecule has 0 aliphatic carbocycles. The van der Waals surface area contributed by atoms with Gasteiger partial charge in [0.15, 0.2) is 0 Å². The van der Waals surface area contributed by atoms with E-state index in [1.165, 1.54) is 5.56 Å². The topological polar surface area (TPSA) is 43.4 Å². The third-order valence-corrected chi connectivity index (χ3v) is 3.32. The predicted octanol–water partition coefficient (Wildman–Crippen LogP) is 3.81. The molecule has 1 N–H and O–H groups in total. The molecule has 0 amide bonds. The number of nitrogens with one attached hydrogen (secondary N) is 1. The molecule has 0 atom stereocenters. The number of ether oxygens (including phenoxy) is 2. The molecule has 0 aliphatic rings. The van der Waals surface area contributed by atoms with Crippen molar-refractivity contribution in [1.82, 2.24) is 4.98 Å². The van der Waals surface area contributed by atoms with Crippen molar-refractivity contribution >= 4 is 16.7 Å². The Morgan fingerprint density at radius 3 is 2.45 bits per heavy atom. The SMILES string of the molecule is CCNc1nc2cc(OC)cc(OC)c2cc1C(C)C. The minimum atomic E-state index is 0.396. The molecular weight excluding hydrogens is 252 g/mol. The highest BCUT2D eigenvalue weighted by atomic mass is 16.5. The fraction of sp³-hybridized carbons (Fsp3) is 0.438. The first-order chi connectivity index (χ1) is 9.60. The molecule has 0 saturated heterocycles. The molecule has 1 aromatic carbocycles. The lowest BCUT2D eigenvalue weighted by atomic mass is 10.0. The van der Waals surface area contributed by atoms with Crippen molar-refractivity contribution in [1.29, 1.82) is 0 Å². The van der Waals surface area contributed by atoms with E-state index in [0.717, 1.165) is 34.8 Å². The van der Waals surface area contributed by atoms with Crippen LogP contribution in [0.3, 0.4) is 0 Å². The van der Waals surface area contributed by atoms with Gasteiger partial charge in [-0.05, 0) is 24.5 Å². The smallest absolute Gasteiger partial charge is 0.131 e. The molecule has 4 heteroatoms. The summed E-state index contributed by atoms with van der Waals surface area (Å²) >= 11 is 0. The first kappa shape index (κ1) is 14.4. The van der Waals surface area contributed by atoms with Crippen molar-refractivity contribution in [3.63, 3.8) is 0 Å². The average molecular weight is 274 g/mol. The highest BCUT2D eigenvalue weighted by molar-refractivity contribution is 5.89. The van der Waals surface area contributed by atoms with Gasteiger partial charge in [-0.15, -0.1) is 0 Å². The van der Waals surface area contributed by atoms with Gasteiger partial charge in [-0.25, -0.2) is 4.98 Å². The summed E-state index contributed by atoms with van der Waals surface area (Å²) in [5.74, 6) is 2.87. The minimum Gasteiger partial charge on any atom is -0.497 e. The molecule has 1 heterocycles. The summed E-state index contributed by atoms with van der Waals surface area (Å²) in [7, 11) is 3.32. The summed E-state index contributed by atoms with van der Waals surface area (Å²) < 4.78 is 10.8. The van der Waals surface area contributed by atoms with Crippen LogP contribution in [0.15, 0.2) is 18.2 Å². The van der Waals surface area contributed by atoms with E-state index < -0.39 is 0 Å². The molecule has 0 unspecified atom stereocenters. The van der Waals surface area contributed by atoms with E-state index >= 15 is 0 Å². The van der Waals surface area contributed by atoms with Crippen LogP contribution in [0.4, 0.5) is 5.82 Å². The fourth-order valence-corrected chi connectivity index (χ4v) is 2.27. The fourth-order valence-electron chi connectivity index (χ4n) is 2.27. The largest absolute Gasteiger partial charge is 0.497 e. The molecule has 1 aromatic heterocycles. The standard InChI is InChI=1S/C16H22N2O2/c1-6-17-16-12(10(2)3)9-13-14(18-16)7-11(19-4)8-15(13)20-5/h7-10H,6H2,1-5H3,(H,17,18). The van der Waals surface area contributed by atoms with E-state index in [4.69, 9.17) is 14.5 Å². The molecule has 4 nitrogen and oxygen atoms in total. The van der Waals surface area contributed by atoms with Crippen molar-refractivity contribution in [2.45, 2.75) is 26.7 Å². The second-order valence-corrected chi connectivity index (χ2v) is 5.01. The van der Waals surface area contributed by atoms with Crippen molar-refractivity contribution in [2.75, 3.05) is 26.1 Å². The number of hydrogen-bond donors (Lipinski definition) is 1. The number of aromatic nitrogens is 1. The van der Waals surface area contributed by atoms with Crippen molar-refractivity contribution in [3.05, 3.63) is 23.8 Å². The molecule has 2 rings (SSSR count). The van der Waals surface area contributed by atoms with E-state index in [2.05, 4.69) is 32.2 Å². The zero-order chi connectivity index (χ0) is 14.7. The summed E-state index contributed by atoms with van der Waals surface area (Å²) in [6, 6.07) is 5.98. The van der Waals surface area contributed by atoms with Gasteiger partial charge in [-0.2, -0.15) is 0 Å². The number of rotatable bonds is 5. The Hall–Kier alpha value is -1.97. The average Bonchev–Trinajstić information content (AvgIpc) is 2.45. The maximum absolute atomic E-state index is 5.46. The Balaban J connectivity index is 2.72. The van der Waals surface area contributed by atoms with Crippen molar-refractivity contribution in [2.24, 2.45) is 0 Å². The Kier molecular flexibility index (Phi) is 4.32.